The van der Waals surface area contributed by atoms with Crippen LogP contribution in [0.15, 0.2) is 84.9 Å². The van der Waals surface area contributed by atoms with Crippen LogP contribution in [0.2, 0.25) is 0 Å². The van der Waals surface area contributed by atoms with Crippen molar-refractivity contribution in [3.63, 3.8) is 0 Å². The van der Waals surface area contributed by atoms with Crippen LogP contribution in [-0.4, -0.2) is 107 Å². The van der Waals surface area contributed by atoms with E-state index in [-0.39, 0.29) is 12.8 Å². The number of primary amides is 1. The number of anilines is 1. The Morgan fingerprint density at radius 2 is 1.44 bits per heavy atom. The molecule has 1 aromatic heterocycles. The van der Waals surface area contributed by atoms with E-state index >= 15 is 0 Å². The van der Waals surface area contributed by atoms with E-state index in [1.54, 1.807) is 12.1 Å². The summed E-state index contributed by atoms with van der Waals surface area (Å²) in [5, 5.41) is 2.24. The number of piperidine rings is 2. The summed E-state index contributed by atoms with van der Waals surface area (Å²) < 4.78 is 5.95. The summed E-state index contributed by atoms with van der Waals surface area (Å²) in [5.41, 5.74) is 10.1. The maximum absolute atomic E-state index is 13.3. The van der Waals surface area contributed by atoms with Crippen LogP contribution in [0, 0.1) is 0 Å². The second kappa shape index (κ2) is 14.1. The molecule has 4 fully saturated rings. The molecule has 280 valence electrons. The Kier molecular flexibility index (Phi) is 8.90. The summed E-state index contributed by atoms with van der Waals surface area (Å²) in [6.45, 7) is 5.67. The van der Waals surface area contributed by atoms with Gasteiger partial charge in [0.2, 0.25) is 11.8 Å². The van der Waals surface area contributed by atoms with Crippen LogP contribution in [0.3, 0.4) is 0 Å². The van der Waals surface area contributed by atoms with Gasteiger partial charge in [0, 0.05) is 67.5 Å². The molecule has 0 spiro atoms. The summed E-state index contributed by atoms with van der Waals surface area (Å²) in [5.74, 6) is -0.742. The lowest BCUT2D eigenvalue weighted by atomic mass is 9.89. The number of hydrogen-bond donors (Lipinski definition) is 2. The molecule has 13 heteroatoms. The van der Waals surface area contributed by atoms with E-state index in [0.717, 1.165) is 79.7 Å². The van der Waals surface area contributed by atoms with E-state index in [1.165, 1.54) is 0 Å². The van der Waals surface area contributed by atoms with E-state index in [2.05, 4.69) is 20.0 Å². The van der Waals surface area contributed by atoms with Crippen molar-refractivity contribution in [3.8, 4) is 22.8 Å². The molecule has 6 heterocycles. The number of rotatable bonds is 9. The summed E-state index contributed by atoms with van der Waals surface area (Å²) in [6.07, 6.45) is 2.20. The number of nitrogens with zero attached hydrogens (tertiary/aromatic N) is 5. The number of nitrogens with two attached hydrogens (primary N) is 1. The molecule has 13 nitrogen and oxygen atoms in total. The number of carbonyl (C=O) groups is 5. The van der Waals surface area contributed by atoms with Gasteiger partial charge in [-0.2, -0.15) is 0 Å². The molecule has 4 saturated heterocycles. The SMILES string of the molecule is NC(=O)c1ccc(C2CCN(C3CN(C4CN(c5ccc6c(c5)C(=O)N(C5CCC(=O)NC5=O)C6=O)C4)C3)CC2)nc1-c1ccc(Oc2ccccc2)cc1. The van der Waals surface area contributed by atoms with E-state index in [1.807, 2.05) is 72.8 Å². The molecule has 1 atom stereocenters. The number of pyridine rings is 1. The number of imide groups is 2. The third-order valence-electron chi connectivity index (χ3n) is 11.8. The highest BCUT2D eigenvalue weighted by atomic mass is 16.5. The molecule has 9 rings (SSSR count). The minimum atomic E-state index is -0.970. The van der Waals surface area contributed by atoms with Gasteiger partial charge < -0.3 is 15.4 Å². The maximum Gasteiger partial charge on any atom is 0.262 e. The lowest BCUT2D eigenvalue weighted by Crippen LogP contribution is -2.70. The van der Waals surface area contributed by atoms with Gasteiger partial charge in [0.25, 0.3) is 17.7 Å². The Labute approximate surface area is 318 Å². The van der Waals surface area contributed by atoms with E-state index < -0.39 is 35.6 Å². The minimum absolute atomic E-state index is 0.0929. The fourth-order valence-corrected chi connectivity index (χ4v) is 8.56. The van der Waals surface area contributed by atoms with Gasteiger partial charge in [-0.25, -0.2) is 0 Å². The average molecular weight is 740 g/mol. The second-order valence-electron chi connectivity index (χ2n) is 15.1. The van der Waals surface area contributed by atoms with Gasteiger partial charge >= 0.3 is 0 Å². The summed E-state index contributed by atoms with van der Waals surface area (Å²) in [7, 11) is 0. The number of aromatic nitrogens is 1. The van der Waals surface area contributed by atoms with Crippen molar-refractivity contribution < 1.29 is 28.7 Å². The first-order valence-electron chi connectivity index (χ1n) is 18.9. The molecular weight excluding hydrogens is 699 g/mol. The van der Waals surface area contributed by atoms with Crippen molar-refractivity contribution in [2.45, 2.75) is 49.7 Å². The number of nitrogens with one attached hydrogen (secondary N) is 1. The van der Waals surface area contributed by atoms with E-state index in [9.17, 15) is 24.0 Å². The number of ether oxygens (including phenoxy) is 1. The molecule has 55 heavy (non-hydrogen) atoms. The summed E-state index contributed by atoms with van der Waals surface area (Å²) in [4.78, 5) is 76.1. The predicted octanol–water partition coefficient (Wildman–Crippen LogP) is 3.79. The number of fused-ring (bicyclic) bond motifs is 1. The zero-order valence-corrected chi connectivity index (χ0v) is 30.2. The van der Waals surface area contributed by atoms with Gasteiger partial charge in [0.15, 0.2) is 0 Å². The number of likely N-dealkylation sites (tertiary alicyclic amines) is 2. The lowest BCUT2D eigenvalue weighted by molar-refractivity contribution is -0.136. The fourth-order valence-electron chi connectivity index (χ4n) is 8.56. The molecule has 0 aliphatic carbocycles. The Morgan fingerprint density at radius 1 is 0.745 bits per heavy atom. The van der Waals surface area contributed by atoms with Crippen LogP contribution < -0.4 is 20.7 Å². The summed E-state index contributed by atoms with van der Waals surface area (Å²) in [6, 6.07) is 26.2. The molecular formula is C42H41N7O6. The first-order chi connectivity index (χ1) is 26.7. The van der Waals surface area contributed by atoms with Gasteiger partial charge in [0.1, 0.15) is 17.5 Å². The first-order valence-corrected chi connectivity index (χ1v) is 18.9. The minimum Gasteiger partial charge on any atom is -0.457 e. The third-order valence-corrected chi connectivity index (χ3v) is 11.8. The van der Waals surface area contributed by atoms with Crippen molar-refractivity contribution in [2.75, 3.05) is 44.2 Å². The van der Waals surface area contributed by atoms with Crippen LogP contribution in [0.5, 0.6) is 11.5 Å². The van der Waals surface area contributed by atoms with Crippen LogP contribution in [0.4, 0.5) is 5.69 Å². The van der Waals surface area contributed by atoms with Crippen LogP contribution in [0.1, 0.15) is 68.4 Å². The molecule has 3 aromatic carbocycles. The highest BCUT2D eigenvalue weighted by Gasteiger charge is 2.46. The molecule has 3 N–H and O–H groups in total. The largest absolute Gasteiger partial charge is 0.457 e. The topological polar surface area (TPSA) is 158 Å². The Balaban J connectivity index is 0.769. The van der Waals surface area contributed by atoms with E-state index in [4.69, 9.17) is 15.5 Å². The standard InChI is InChI=1S/C42H41N7O6/c43-39(51)33-12-13-35(44-38(33)26-6-9-31(10-7-26)55-30-4-2-1-3-5-30)25-16-18-46(19-17-25)28-21-48(22-28)29-23-47(24-29)27-8-11-32-34(20-27)42(54)49(41(32)53)36-14-15-37(50)45-40(36)52/h1-13,20,25,28-29,36H,14-19,21-24H2,(H2,43,51)(H,45,50,52). The first kappa shape index (κ1) is 34.8. The second-order valence-corrected chi connectivity index (χ2v) is 15.1. The van der Waals surface area contributed by atoms with Crippen LogP contribution >= 0.6 is 0 Å². The van der Waals surface area contributed by atoms with Gasteiger partial charge in [-0.05, 0) is 99.1 Å². The number of carbonyl (C=O) groups excluding carboxylic acids is 5. The van der Waals surface area contributed by atoms with Crippen LogP contribution in [0.25, 0.3) is 11.3 Å². The van der Waals surface area contributed by atoms with Crippen LogP contribution in [-0.2, 0) is 9.59 Å². The number of benzene rings is 3. The molecule has 5 amide bonds. The molecule has 4 aromatic rings. The zero-order valence-electron chi connectivity index (χ0n) is 30.2. The zero-order chi connectivity index (χ0) is 37.8. The normalized spacial score (nSPS) is 21.3. The van der Waals surface area contributed by atoms with Gasteiger partial charge in [-0.3, -0.25) is 49.0 Å². The Morgan fingerprint density at radius 3 is 2.15 bits per heavy atom. The third kappa shape index (κ3) is 6.53. The molecule has 5 aliphatic rings. The quantitative estimate of drug-likeness (QED) is 0.242. The molecule has 5 aliphatic heterocycles. The van der Waals surface area contributed by atoms with Crippen molar-refractivity contribution >= 4 is 35.2 Å². The van der Waals surface area contributed by atoms with Gasteiger partial charge in [-0.15, -0.1) is 0 Å². The lowest BCUT2D eigenvalue weighted by Gasteiger charge is -2.55. The smallest absolute Gasteiger partial charge is 0.262 e. The molecule has 1 unspecified atom stereocenters. The summed E-state index contributed by atoms with van der Waals surface area (Å²) >= 11 is 0. The van der Waals surface area contributed by atoms with Gasteiger partial charge in [0.05, 0.1) is 22.4 Å². The molecule has 0 bridgehead atoms. The van der Waals surface area contributed by atoms with Crippen molar-refractivity contribution in [3.05, 3.63) is 107 Å². The van der Waals surface area contributed by atoms with Crippen molar-refractivity contribution in [1.29, 1.82) is 0 Å². The number of amides is 5. The number of para-hydroxylation sites is 1. The fraction of sp³-hybridized carbons (Fsp3) is 0.333. The predicted molar refractivity (Wildman–Crippen MR) is 203 cm³/mol. The van der Waals surface area contributed by atoms with Gasteiger partial charge in [-0.1, -0.05) is 18.2 Å². The highest BCUT2D eigenvalue weighted by Crippen LogP contribution is 2.36. The van der Waals surface area contributed by atoms with Crippen molar-refractivity contribution in [1.82, 2.24) is 25.0 Å². The number of hydrogen-bond acceptors (Lipinski definition) is 10. The Hall–Kier alpha value is -5.92. The maximum atomic E-state index is 13.3. The monoisotopic (exact) mass is 739 g/mol. The molecule has 0 radical (unpaired) electrons. The molecule has 0 saturated carbocycles. The van der Waals surface area contributed by atoms with Crippen molar-refractivity contribution in [2.24, 2.45) is 5.73 Å². The van der Waals surface area contributed by atoms with E-state index in [0.29, 0.717) is 46.1 Å². The average Bonchev–Trinajstić information content (AvgIpc) is 3.40. The highest BCUT2D eigenvalue weighted by molar-refractivity contribution is 6.23. The Bertz CT molecular complexity index is 2190.